The van der Waals surface area contributed by atoms with Gasteiger partial charge < -0.3 is 9.84 Å². The van der Waals surface area contributed by atoms with Gasteiger partial charge in [-0.1, -0.05) is 6.07 Å². The highest BCUT2D eigenvalue weighted by Crippen LogP contribution is 2.22. The van der Waals surface area contributed by atoms with Crippen LogP contribution in [0.3, 0.4) is 0 Å². The lowest BCUT2D eigenvalue weighted by molar-refractivity contribution is 0.0522. The van der Waals surface area contributed by atoms with Crippen LogP contribution >= 0.6 is 11.8 Å². The smallest absolute Gasteiger partial charge is 0.339 e. The van der Waals surface area contributed by atoms with Crippen molar-refractivity contribution in [3.05, 3.63) is 29.3 Å². The molecule has 0 saturated heterocycles. The molecule has 82 valence electrons. The Bertz CT molecular complexity index is 350. The van der Waals surface area contributed by atoms with Crippen LogP contribution in [-0.2, 0) is 11.3 Å². The third-order valence-electron chi connectivity index (χ3n) is 1.94. The van der Waals surface area contributed by atoms with Gasteiger partial charge in [0.25, 0.3) is 0 Å². The molecule has 0 unspecified atom stereocenters. The van der Waals surface area contributed by atoms with E-state index in [1.165, 1.54) is 11.8 Å². The van der Waals surface area contributed by atoms with Crippen LogP contribution in [0.2, 0.25) is 0 Å². The quantitative estimate of drug-likeness (QED) is 0.630. The molecule has 0 aliphatic carbocycles. The van der Waals surface area contributed by atoms with Gasteiger partial charge in [-0.2, -0.15) is 0 Å². The minimum atomic E-state index is -0.336. The third-order valence-corrected chi connectivity index (χ3v) is 2.74. The van der Waals surface area contributed by atoms with Crippen molar-refractivity contribution in [1.82, 2.24) is 0 Å². The van der Waals surface area contributed by atoms with Gasteiger partial charge in [-0.05, 0) is 30.9 Å². The van der Waals surface area contributed by atoms with Crippen molar-refractivity contribution in [2.24, 2.45) is 0 Å². The molecule has 0 aliphatic rings. The molecule has 0 heterocycles. The van der Waals surface area contributed by atoms with Crippen molar-refractivity contribution in [1.29, 1.82) is 0 Å². The molecule has 0 bridgehead atoms. The molecule has 1 rings (SSSR count). The second-order valence-corrected chi connectivity index (χ2v) is 3.76. The van der Waals surface area contributed by atoms with E-state index in [0.29, 0.717) is 12.2 Å². The SMILES string of the molecule is CCOC(=O)c1cc(CO)ccc1SC. The first-order chi connectivity index (χ1) is 7.22. The van der Waals surface area contributed by atoms with Gasteiger partial charge in [-0.25, -0.2) is 4.79 Å². The van der Waals surface area contributed by atoms with Crippen molar-refractivity contribution >= 4 is 17.7 Å². The van der Waals surface area contributed by atoms with Crippen molar-refractivity contribution in [3.8, 4) is 0 Å². The van der Waals surface area contributed by atoms with E-state index in [-0.39, 0.29) is 12.6 Å². The van der Waals surface area contributed by atoms with Crippen LogP contribution in [0.5, 0.6) is 0 Å². The molecule has 0 aliphatic heterocycles. The predicted octanol–water partition coefficient (Wildman–Crippen LogP) is 2.08. The first-order valence-electron chi connectivity index (χ1n) is 4.67. The number of hydrogen-bond acceptors (Lipinski definition) is 4. The highest BCUT2D eigenvalue weighted by Gasteiger charge is 2.12. The number of hydrogen-bond donors (Lipinski definition) is 1. The van der Waals surface area contributed by atoms with E-state index in [9.17, 15) is 4.79 Å². The summed E-state index contributed by atoms with van der Waals surface area (Å²) in [6, 6.07) is 5.29. The van der Waals surface area contributed by atoms with E-state index >= 15 is 0 Å². The lowest BCUT2D eigenvalue weighted by atomic mass is 10.1. The Balaban J connectivity index is 3.05. The zero-order chi connectivity index (χ0) is 11.3. The summed E-state index contributed by atoms with van der Waals surface area (Å²) in [4.78, 5) is 12.4. The molecule has 3 nitrogen and oxygen atoms in total. The fraction of sp³-hybridized carbons (Fsp3) is 0.364. The van der Waals surface area contributed by atoms with Gasteiger partial charge in [0, 0.05) is 4.90 Å². The normalized spacial score (nSPS) is 10.1. The van der Waals surface area contributed by atoms with Gasteiger partial charge in [-0.15, -0.1) is 11.8 Å². The Morgan fingerprint density at radius 1 is 1.53 bits per heavy atom. The summed E-state index contributed by atoms with van der Waals surface area (Å²) < 4.78 is 4.94. The fourth-order valence-electron chi connectivity index (χ4n) is 1.22. The summed E-state index contributed by atoms with van der Waals surface area (Å²) in [5, 5.41) is 8.98. The standard InChI is InChI=1S/C11H14O3S/c1-3-14-11(13)9-6-8(7-12)4-5-10(9)15-2/h4-6,12H,3,7H2,1-2H3. The van der Waals surface area contributed by atoms with Crippen LogP contribution in [0.4, 0.5) is 0 Å². The van der Waals surface area contributed by atoms with E-state index < -0.39 is 0 Å². The second kappa shape index (κ2) is 5.78. The van der Waals surface area contributed by atoms with Crippen LogP contribution < -0.4 is 0 Å². The second-order valence-electron chi connectivity index (χ2n) is 2.91. The molecule has 0 atom stereocenters. The van der Waals surface area contributed by atoms with E-state index in [1.54, 1.807) is 19.1 Å². The van der Waals surface area contributed by atoms with E-state index in [4.69, 9.17) is 9.84 Å². The van der Waals surface area contributed by atoms with Crippen molar-refractivity contribution in [2.45, 2.75) is 18.4 Å². The highest BCUT2D eigenvalue weighted by atomic mass is 32.2. The summed E-state index contributed by atoms with van der Waals surface area (Å²) in [6.45, 7) is 2.06. The van der Waals surface area contributed by atoms with Crippen molar-refractivity contribution in [3.63, 3.8) is 0 Å². The number of esters is 1. The number of aliphatic hydroxyl groups excluding tert-OH is 1. The molecule has 0 aromatic heterocycles. The molecule has 1 aromatic rings. The lowest BCUT2D eigenvalue weighted by Crippen LogP contribution is -2.06. The van der Waals surface area contributed by atoms with Gasteiger partial charge in [0.15, 0.2) is 0 Å². The summed E-state index contributed by atoms with van der Waals surface area (Å²) in [5.41, 5.74) is 1.24. The van der Waals surface area contributed by atoms with Gasteiger partial charge in [-0.3, -0.25) is 0 Å². The summed E-state index contributed by atoms with van der Waals surface area (Å²) in [5.74, 6) is -0.336. The molecule has 0 saturated carbocycles. The largest absolute Gasteiger partial charge is 0.462 e. The lowest BCUT2D eigenvalue weighted by Gasteiger charge is -2.08. The van der Waals surface area contributed by atoms with Crippen LogP contribution in [0, 0.1) is 0 Å². The van der Waals surface area contributed by atoms with Gasteiger partial charge in [0.1, 0.15) is 0 Å². The van der Waals surface area contributed by atoms with Crippen LogP contribution in [0.15, 0.2) is 23.1 Å². The molecule has 0 spiro atoms. The Kier molecular flexibility index (Phi) is 4.65. The van der Waals surface area contributed by atoms with E-state index in [2.05, 4.69) is 0 Å². The minimum absolute atomic E-state index is 0.0684. The maximum Gasteiger partial charge on any atom is 0.339 e. The average Bonchev–Trinajstić information content (AvgIpc) is 2.28. The van der Waals surface area contributed by atoms with E-state index in [0.717, 1.165) is 10.5 Å². The molecular weight excluding hydrogens is 212 g/mol. The number of thioether (sulfide) groups is 1. The average molecular weight is 226 g/mol. The number of aliphatic hydroxyl groups is 1. The maximum atomic E-state index is 11.6. The van der Waals surface area contributed by atoms with Gasteiger partial charge >= 0.3 is 5.97 Å². The van der Waals surface area contributed by atoms with Crippen LogP contribution in [0.25, 0.3) is 0 Å². The van der Waals surface area contributed by atoms with Crippen LogP contribution in [-0.4, -0.2) is 23.9 Å². The Morgan fingerprint density at radius 3 is 2.80 bits per heavy atom. The van der Waals surface area contributed by atoms with Crippen molar-refractivity contribution in [2.75, 3.05) is 12.9 Å². The fourth-order valence-corrected chi connectivity index (χ4v) is 1.79. The van der Waals surface area contributed by atoms with Crippen LogP contribution in [0.1, 0.15) is 22.8 Å². The first-order valence-corrected chi connectivity index (χ1v) is 5.90. The summed E-state index contributed by atoms with van der Waals surface area (Å²) >= 11 is 1.49. The number of benzene rings is 1. The zero-order valence-electron chi connectivity index (χ0n) is 8.82. The molecule has 0 fully saturated rings. The van der Waals surface area contributed by atoms with Gasteiger partial charge in [0.2, 0.25) is 0 Å². The first kappa shape index (κ1) is 12.1. The molecule has 0 amide bonds. The highest BCUT2D eigenvalue weighted by molar-refractivity contribution is 7.98. The molecule has 1 N–H and O–H groups in total. The molecular formula is C11H14O3S. The summed E-state index contributed by atoms with van der Waals surface area (Å²) in [7, 11) is 0. The maximum absolute atomic E-state index is 11.6. The number of rotatable bonds is 4. The Morgan fingerprint density at radius 2 is 2.27 bits per heavy atom. The number of carbonyl (C=O) groups is 1. The zero-order valence-corrected chi connectivity index (χ0v) is 9.63. The molecule has 4 heteroatoms. The number of carbonyl (C=O) groups excluding carboxylic acids is 1. The van der Waals surface area contributed by atoms with E-state index in [1.807, 2.05) is 12.3 Å². The number of ether oxygens (including phenoxy) is 1. The summed E-state index contributed by atoms with van der Waals surface area (Å²) in [6.07, 6.45) is 1.90. The third kappa shape index (κ3) is 2.97. The topological polar surface area (TPSA) is 46.5 Å². The monoisotopic (exact) mass is 226 g/mol. The molecule has 1 aromatic carbocycles. The van der Waals surface area contributed by atoms with Crippen molar-refractivity contribution < 1.29 is 14.6 Å². The predicted molar refractivity (Wildman–Crippen MR) is 60.1 cm³/mol. The molecule has 0 radical (unpaired) electrons. The Labute approximate surface area is 93.4 Å². The minimum Gasteiger partial charge on any atom is -0.462 e. The molecule has 15 heavy (non-hydrogen) atoms. The Hall–Kier alpha value is -1.00. The van der Waals surface area contributed by atoms with Gasteiger partial charge in [0.05, 0.1) is 18.8 Å².